The zero-order valence-corrected chi connectivity index (χ0v) is 66.2. The number of hydrogen-bond acceptors (Lipinski definition) is 9. The van der Waals surface area contributed by atoms with Crippen molar-refractivity contribution in [2.45, 2.75) is 0 Å². The van der Waals surface area contributed by atoms with Gasteiger partial charge in [0.05, 0.1) is 55.2 Å². The lowest BCUT2D eigenvalue weighted by Crippen LogP contribution is -2.02. The molecule has 0 saturated carbocycles. The zero-order chi connectivity index (χ0) is 83.9. The fourth-order valence-electron chi connectivity index (χ4n) is 18.0. The first kappa shape index (κ1) is 72.9. The highest BCUT2D eigenvalue weighted by atomic mass is 15.1. The van der Waals surface area contributed by atoms with Gasteiger partial charge in [-0.3, -0.25) is 0 Å². The summed E-state index contributed by atoms with van der Waals surface area (Å²) in [7, 11) is 0. The van der Waals surface area contributed by atoms with Crippen molar-refractivity contribution in [2.75, 3.05) is 0 Å². The smallest absolute Gasteiger partial charge is 0.307 e. The maximum Gasteiger partial charge on any atom is 0.307 e. The summed E-state index contributed by atoms with van der Waals surface area (Å²) in [5, 5.41) is 40.5. The molecule has 0 aliphatic rings. The molecule has 0 saturated heterocycles. The molecule has 24 aromatic rings. The number of nitriles is 3. The fraction of sp³-hybridized carbons (Fsp3) is 0. The van der Waals surface area contributed by atoms with Gasteiger partial charge in [-0.1, -0.05) is 232 Å². The van der Waals surface area contributed by atoms with Crippen molar-refractivity contribution < 1.29 is 0 Å². The van der Waals surface area contributed by atoms with E-state index >= 15 is 0 Å². The molecule has 0 N–H and O–H groups in total. The van der Waals surface area contributed by atoms with Gasteiger partial charge in [-0.25, -0.2) is 15.0 Å². The molecule has 8 aromatic heterocycles. The van der Waals surface area contributed by atoms with Crippen LogP contribution in [0.1, 0.15) is 17.1 Å². The predicted octanol–water partition coefficient (Wildman–Crippen LogP) is 26.6. The Morgan fingerprint density at radius 2 is 0.408 bits per heavy atom. The van der Waals surface area contributed by atoms with Gasteiger partial charge in [0.1, 0.15) is 34.8 Å². The molecule has 0 aliphatic carbocycles. The van der Waals surface area contributed by atoms with Crippen LogP contribution in [0, 0.1) is 53.7 Å². The minimum absolute atomic E-state index is 0.000622. The van der Waals surface area contributed by atoms with E-state index in [9.17, 15) is 15.8 Å². The van der Waals surface area contributed by atoms with E-state index in [2.05, 4.69) is 425 Å². The van der Waals surface area contributed by atoms with Crippen molar-refractivity contribution in [2.24, 2.45) is 0 Å². The maximum absolute atomic E-state index is 9.30. The third-order valence-corrected chi connectivity index (χ3v) is 23.5. The number of aromatic nitrogens is 11. The second-order valence-corrected chi connectivity index (χ2v) is 30.3. The predicted molar refractivity (Wildman–Crippen MR) is 500 cm³/mol. The first-order valence-electron chi connectivity index (χ1n) is 40.3. The van der Waals surface area contributed by atoms with Gasteiger partial charge >= 0.3 is 5.82 Å². The van der Waals surface area contributed by atoms with E-state index in [-0.39, 0.29) is 67.6 Å². The van der Waals surface area contributed by atoms with Crippen LogP contribution in [0.25, 0.3) is 218 Å². The third kappa shape index (κ3) is 11.9. The van der Waals surface area contributed by atoms with Gasteiger partial charge in [0.2, 0.25) is 11.0 Å². The molecular weight excluding hydrogens is 1540 g/mol. The second kappa shape index (κ2) is 29.8. The minimum Gasteiger partial charge on any atom is -0.370 e. The molecule has 0 bridgehead atoms. The van der Waals surface area contributed by atoms with Gasteiger partial charge in [-0.05, 0) is 179 Å². The second-order valence-electron chi connectivity index (χ2n) is 30.3. The molecule has 17 heteroatoms. The van der Waals surface area contributed by atoms with Crippen LogP contribution in [0.3, 0.4) is 0 Å². The Morgan fingerprint density at radius 3 is 0.696 bits per heavy atom. The normalized spacial score (nSPS) is 11.3. The van der Waals surface area contributed by atoms with Gasteiger partial charge in [0.15, 0.2) is 17.1 Å². The van der Waals surface area contributed by atoms with Crippen molar-refractivity contribution in [1.29, 1.82) is 15.8 Å². The Balaban J connectivity index is 0.000000118. The molecule has 0 atom stereocenters. The largest absolute Gasteiger partial charge is 0.370 e. The summed E-state index contributed by atoms with van der Waals surface area (Å²) in [4.78, 5) is 34.4. The van der Waals surface area contributed by atoms with E-state index in [1.165, 1.54) is 165 Å². The van der Waals surface area contributed by atoms with E-state index in [1.807, 2.05) is 0 Å². The van der Waals surface area contributed by atoms with E-state index in [0.29, 0.717) is 0 Å². The Hall–Kier alpha value is -18.5. The monoisotopic (exact) mass is 1590 g/mol. The van der Waals surface area contributed by atoms with Gasteiger partial charge in [0.25, 0.3) is 17.2 Å². The molecular formula is C108H59N17. The number of benzene rings is 16. The van der Waals surface area contributed by atoms with Crippen LogP contribution < -0.4 is 0 Å². The van der Waals surface area contributed by atoms with Crippen LogP contribution in [-0.4, -0.2) is 52.7 Å². The Morgan fingerprint density at radius 1 is 0.192 bits per heavy atom. The van der Waals surface area contributed by atoms with Gasteiger partial charge in [-0.2, -0.15) is 15.8 Å². The lowest BCUT2D eigenvalue weighted by Gasteiger charge is -2.12. The summed E-state index contributed by atoms with van der Waals surface area (Å²) in [6, 6.07) is 135. The fourth-order valence-corrected chi connectivity index (χ4v) is 18.0. The number of hydrogen-bond donors (Lipinski definition) is 0. The lowest BCUT2D eigenvalue weighted by atomic mass is 9.98. The van der Waals surface area contributed by atoms with Crippen LogP contribution in [-0.2, 0) is 0 Å². The molecule has 576 valence electrons. The molecule has 17 nitrogen and oxygen atoms in total. The van der Waals surface area contributed by atoms with Crippen molar-refractivity contribution in [3.63, 3.8) is 0 Å². The lowest BCUT2D eigenvalue weighted by molar-refractivity contribution is 1.17. The van der Waals surface area contributed by atoms with Gasteiger partial charge < -0.3 is 37.4 Å². The van der Waals surface area contributed by atoms with Crippen LogP contribution >= 0.6 is 0 Å². The Labute approximate surface area is 712 Å². The highest BCUT2D eigenvalue weighted by molar-refractivity contribution is 6.20. The van der Waals surface area contributed by atoms with E-state index in [1.54, 1.807) is 18.2 Å². The summed E-state index contributed by atoms with van der Waals surface area (Å²) >= 11 is 0. The summed E-state index contributed by atoms with van der Waals surface area (Å²) in [5.41, 5.74) is 24.3. The van der Waals surface area contributed by atoms with E-state index in [0.717, 1.165) is 5.69 Å². The quantitative estimate of drug-likeness (QED) is 0.105. The number of rotatable bonds is 8. The summed E-state index contributed by atoms with van der Waals surface area (Å²) in [6.07, 6.45) is 0. The van der Waals surface area contributed by atoms with Crippen molar-refractivity contribution in [3.05, 3.63) is 409 Å². The zero-order valence-electron chi connectivity index (χ0n) is 66.2. The number of nitrogens with zero attached hydrogens (tertiary/aromatic N) is 17. The molecule has 0 unspecified atom stereocenters. The summed E-state index contributed by atoms with van der Waals surface area (Å²) in [6.45, 7) is 21.7. The molecule has 24 rings (SSSR count). The standard InChI is InChI=1S/C54H35N3.C36H24N2.C18N12/c1-4-14-40(15-5-1)55-49-22-12-10-20-43(49)45-32-36(24-28-51(45)55)38-26-30-53-47(34-38)48-35-39(27-31-54(48)57(53)42-18-8-3-9-19-42)37-25-29-52-46(33-37)44-21-11-13-23-50(44)56(52)41-16-6-2-7-17-41;1-5-19-33-29(15-1)30-16-2-6-20-34(30)37(33)27-13-9-11-25(23-27)26-12-10-14-28(24-26)38-35-21-7-3-17-31(35)32-18-4-8-22-36(32)38;1-22-16-9(6-21)27-12-10-11(26-8(5-20)7(4-19)25-10)14-15(13(12)28-16)30-18(24-3)17(23-2)29-14/h1-35H;1-24H;. The van der Waals surface area contributed by atoms with Crippen molar-refractivity contribution >= 4 is 160 Å². The topological polar surface area (TPSA) is 186 Å². The third-order valence-electron chi connectivity index (χ3n) is 23.5. The maximum atomic E-state index is 9.30. The van der Waals surface area contributed by atoms with Crippen LogP contribution in [0.15, 0.2) is 358 Å². The first-order chi connectivity index (χ1) is 61.7. The summed E-state index contributed by atoms with van der Waals surface area (Å²) < 4.78 is 11.9. The highest BCUT2D eigenvalue weighted by Gasteiger charge is 2.29. The molecule has 125 heavy (non-hydrogen) atoms. The molecule has 0 fully saturated rings. The van der Waals surface area contributed by atoms with Crippen LogP contribution in [0.2, 0.25) is 0 Å². The van der Waals surface area contributed by atoms with Crippen molar-refractivity contribution in [3.8, 4) is 80.0 Å². The van der Waals surface area contributed by atoms with Crippen LogP contribution in [0.5, 0.6) is 0 Å². The average molecular weight is 1590 g/mol. The number of para-hydroxylation sites is 9. The molecule has 8 heterocycles. The highest BCUT2D eigenvalue weighted by Crippen LogP contribution is 2.44. The SMILES string of the molecule is [C-]#[N+]c1nc2c(nc1C#N)c1nc(C#N)c(C#N)nc1c1nc([N+]#[C-])c([N+]#[C-])nc21.c1cc(-c2cccc(-n3c4ccccc4c4ccccc43)c2)cc(-n2c3ccccc3c3ccccc32)c1.c1ccc(-n2c3ccccc3c3cc(-c4ccc5c(c4)c4cc(-c6ccc7c(c6)c6ccccc6n7-c6ccccc6)ccc4n5-c4ccccc4)ccc32)cc1. The number of fused-ring (bicyclic) bond motifs is 21. The van der Waals surface area contributed by atoms with Gasteiger partial charge in [-0.15, -0.1) is 15.0 Å². The molecule has 0 aliphatic heterocycles. The van der Waals surface area contributed by atoms with E-state index in [4.69, 9.17) is 19.7 Å². The Bertz CT molecular complexity index is 8120. The average Bonchev–Trinajstić information content (AvgIpc) is 1.72. The molecule has 0 spiro atoms. The van der Waals surface area contributed by atoms with Crippen molar-refractivity contribution in [1.82, 2.24) is 52.7 Å². The Kier molecular flexibility index (Phi) is 17.4. The minimum atomic E-state index is -0.298. The summed E-state index contributed by atoms with van der Waals surface area (Å²) in [5.74, 6) is -0.890. The first-order valence-corrected chi connectivity index (χ1v) is 40.3. The van der Waals surface area contributed by atoms with Crippen LogP contribution in [0.4, 0.5) is 17.5 Å². The van der Waals surface area contributed by atoms with Gasteiger partial charge in [0, 0.05) is 82.3 Å². The molecule has 16 aromatic carbocycles. The molecule has 0 amide bonds. The molecule has 0 radical (unpaired) electrons. The van der Waals surface area contributed by atoms with E-state index < -0.39 is 0 Å².